The Morgan fingerprint density at radius 3 is 2.32 bits per heavy atom. The van der Waals surface area contributed by atoms with E-state index < -0.39 is 9.84 Å². The van der Waals surface area contributed by atoms with E-state index in [1.54, 1.807) is 36.5 Å². The standard InChI is InChI=1S/C17H18BrNO2S/c1-11(2)17-16(12-3-4-12)15(9-10-19-17)22(20,21)14-7-5-13(18)6-8-14/h5-12H,3-4H2,1-2H3. The molecule has 0 radical (unpaired) electrons. The summed E-state index contributed by atoms with van der Waals surface area (Å²) in [7, 11) is -3.51. The Kier molecular flexibility index (Phi) is 4.12. The summed E-state index contributed by atoms with van der Waals surface area (Å²) < 4.78 is 26.9. The Hall–Kier alpha value is -1.20. The Balaban J connectivity index is 2.19. The van der Waals surface area contributed by atoms with Crippen molar-refractivity contribution in [3.05, 3.63) is 52.3 Å². The van der Waals surface area contributed by atoms with Crippen LogP contribution in [0.25, 0.3) is 0 Å². The minimum absolute atomic E-state index is 0.218. The molecule has 1 heterocycles. The summed E-state index contributed by atoms with van der Waals surface area (Å²) in [5.74, 6) is 0.557. The molecule has 1 saturated carbocycles. The number of halogens is 1. The summed E-state index contributed by atoms with van der Waals surface area (Å²) >= 11 is 3.34. The van der Waals surface area contributed by atoms with Crippen molar-refractivity contribution in [1.29, 1.82) is 0 Å². The van der Waals surface area contributed by atoms with Gasteiger partial charge in [0.1, 0.15) is 0 Å². The molecule has 2 aromatic rings. The van der Waals surface area contributed by atoms with Gasteiger partial charge in [-0.1, -0.05) is 29.8 Å². The van der Waals surface area contributed by atoms with Crippen LogP contribution in [0.15, 0.2) is 50.8 Å². The largest absolute Gasteiger partial charge is 0.261 e. The van der Waals surface area contributed by atoms with E-state index in [1.165, 1.54) is 0 Å². The maximum atomic E-state index is 13.0. The molecule has 0 amide bonds. The first-order valence-electron chi connectivity index (χ1n) is 7.40. The lowest BCUT2D eigenvalue weighted by atomic mass is 10.0. The summed E-state index contributed by atoms with van der Waals surface area (Å²) in [6.45, 7) is 4.12. The van der Waals surface area contributed by atoms with Crippen molar-refractivity contribution in [2.45, 2.75) is 48.3 Å². The summed E-state index contributed by atoms with van der Waals surface area (Å²) in [4.78, 5) is 5.21. The molecule has 1 aliphatic carbocycles. The molecule has 5 heteroatoms. The molecule has 116 valence electrons. The molecule has 3 nitrogen and oxygen atoms in total. The Bertz CT molecular complexity index is 794. The Labute approximate surface area is 139 Å². The quantitative estimate of drug-likeness (QED) is 0.774. The van der Waals surface area contributed by atoms with Gasteiger partial charge in [-0.05, 0) is 60.6 Å². The Morgan fingerprint density at radius 1 is 1.14 bits per heavy atom. The molecule has 0 unspecified atom stereocenters. The van der Waals surface area contributed by atoms with Crippen molar-refractivity contribution in [3.8, 4) is 0 Å². The van der Waals surface area contributed by atoms with Gasteiger partial charge in [0.15, 0.2) is 0 Å². The number of aromatic nitrogens is 1. The fourth-order valence-corrected chi connectivity index (χ4v) is 4.50. The molecule has 3 rings (SSSR count). The average molecular weight is 380 g/mol. The number of pyridine rings is 1. The normalized spacial score (nSPS) is 15.3. The van der Waals surface area contributed by atoms with Crippen molar-refractivity contribution in [1.82, 2.24) is 4.98 Å². The van der Waals surface area contributed by atoms with Crippen molar-refractivity contribution in [2.24, 2.45) is 0 Å². The number of rotatable bonds is 4. The molecule has 1 aromatic heterocycles. The molecule has 0 spiro atoms. The first kappa shape index (κ1) is 15.7. The van der Waals surface area contributed by atoms with Crippen LogP contribution in [0.4, 0.5) is 0 Å². The molecular formula is C17H18BrNO2S. The van der Waals surface area contributed by atoms with Gasteiger partial charge in [-0.25, -0.2) is 8.42 Å². The fraction of sp³-hybridized carbons (Fsp3) is 0.353. The van der Waals surface area contributed by atoms with Crippen LogP contribution in [0.3, 0.4) is 0 Å². The van der Waals surface area contributed by atoms with Gasteiger partial charge in [0, 0.05) is 16.4 Å². The van der Waals surface area contributed by atoms with Gasteiger partial charge in [0.2, 0.25) is 9.84 Å². The van der Waals surface area contributed by atoms with E-state index >= 15 is 0 Å². The van der Waals surface area contributed by atoms with E-state index in [9.17, 15) is 8.42 Å². The van der Waals surface area contributed by atoms with Crippen LogP contribution >= 0.6 is 15.9 Å². The van der Waals surface area contributed by atoms with E-state index in [4.69, 9.17) is 0 Å². The van der Waals surface area contributed by atoms with Gasteiger partial charge in [0.05, 0.1) is 9.79 Å². The number of benzene rings is 1. The number of nitrogens with zero attached hydrogens (tertiary/aromatic N) is 1. The van der Waals surface area contributed by atoms with E-state index in [1.807, 2.05) is 0 Å². The molecule has 1 aliphatic rings. The van der Waals surface area contributed by atoms with Gasteiger partial charge in [-0.2, -0.15) is 0 Å². The predicted molar refractivity (Wildman–Crippen MR) is 89.9 cm³/mol. The maximum absolute atomic E-state index is 13.0. The molecule has 0 saturated heterocycles. The van der Waals surface area contributed by atoms with Crippen molar-refractivity contribution < 1.29 is 8.42 Å². The lowest BCUT2D eigenvalue weighted by Gasteiger charge is -2.16. The molecule has 0 N–H and O–H groups in total. The SMILES string of the molecule is CC(C)c1nccc(S(=O)(=O)c2ccc(Br)cc2)c1C1CC1. The summed E-state index contributed by atoms with van der Waals surface area (Å²) in [5, 5.41) is 0. The predicted octanol–water partition coefficient (Wildman–Crippen LogP) is 4.68. The molecule has 1 aromatic carbocycles. The van der Waals surface area contributed by atoms with Gasteiger partial charge < -0.3 is 0 Å². The van der Waals surface area contributed by atoms with Gasteiger partial charge in [-0.3, -0.25) is 4.98 Å². The zero-order valence-electron chi connectivity index (χ0n) is 12.6. The monoisotopic (exact) mass is 379 g/mol. The lowest BCUT2D eigenvalue weighted by Crippen LogP contribution is -2.10. The van der Waals surface area contributed by atoms with Gasteiger partial charge >= 0.3 is 0 Å². The van der Waals surface area contributed by atoms with Crippen LogP contribution in [-0.4, -0.2) is 13.4 Å². The molecule has 0 aliphatic heterocycles. The zero-order valence-corrected chi connectivity index (χ0v) is 15.0. The van der Waals surface area contributed by atoms with E-state index in [2.05, 4.69) is 34.8 Å². The molecule has 0 atom stereocenters. The summed E-state index contributed by atoms with van der Waals surface area (Å²) in [5.41, 5.74) is 1.85. The number of hydrogen-bond acceptors (Lipinski definition) is 3. The minimum Gasteiger partial charge on any atom is -0.261 e. The highest BCUT2D eigenvalue weighted by atomic mass is 79.9. The first-order chi connectivity index (χ1) is 10.4. The molecule has 1 fully saturated rings. The summed E-state index contributed by atoms with van der Waals surface area (Å²) in [6, 6.07) is 8.45. The summed E-state index contributed by atoms with van der Waals surface area (Å²) in [6.07, 6.45) is 3.72. The highest BCUT2D eigenvalue weighted by Gasteiger charge is 2.34. The molecule has 22 heavy (non-hydrogen) atoms. The van der Waals surface area contributed by atoms with Crippen LogP contribution in [0.2, 0.25) is 0 Å². The second-order valence-corrected chi connectivity index (χ2v) is 8.83. The highest BCUT2D eigenvalue weighted by molar-refractivity contribution is 9.10. The third-order valence-corrected chi connectivity index (χ3v) is 6.28. The second-order valence-electron chi connectivity index (χ2n) is 5.99. The lowest BCUT2D eigenvalue weighted by molar-refractivity contribution is 0.593. The van der Waals surface area contributed by atoms with Gasteiger partial charge in [-0.15, -0.1) is 0 Å². The van der Waals surface area contributed by atoms with Crippen LogP contribution in [-0.2, 0) is 9.84 Å². The maximum Gasteiger partial charge on any atom is 0.206 e. The second kappa shape index (κ2) is 5.78. The van der Waals surface area contributed by atoms with E-state index in [0.29, 0.717) is 15.7 Å². The topological polar surface area (TPSA) is 47.0 Å². The van der Waals surface area contributed by atoms with Crippen molar-refractivity contribution >= 4 is 25.8 Å². The number of hydrogen-bond donors (Lipinski definition) is 0. The Morgan fingerprint density at radius 2 is 1.77 bits per heavy atom. The molecule has 0 bridgehead atoms. The smallest absolute Gasteiger partial charge is 0.206 e. The third kappa shape index (κ3) is 2.84. The van der Waals surface area contributed by atoms with E-state index in [-0.39, 0.29) is 5.92 Å². The van der Waals surface area contributed by atoms with Crippen LogP contribution in [0.5, 0.6) is 0 Å². The average Bonchev–Trinajstić information content (AvgIpc) is 3.31. The van der Waals surface area contributed by atoms with Crippen molar-refractivity contribution in [3.63, 3.8) is 0 Å². The van der Waals surface area contributed by atoms with Crippen LogP contribution in [0.1, 0.15) is 49.8 Å². The fourth-order valence-electron chi connectivity index (χ4n) is 2.69. The third-order valence-electron chi connectivity index (χ3n) is 3.93. The van der Waals surface area contributed by atoms with Crippen LogP contribution < -0.4 is 0 Å². The zero-order chi connectivity index (χ0) is 15.9. The molecular weight excluding hydrogens is 362 g/mol. The van der Waals surface area contributed by atoms with Gasteiger partial charge in [0.25, 0.3) is 0 Å². The highest BCUT2D eigenvalue weighted by Crippen LogP contribution is 2.46. The number of sulfone groups is 1. The van der Waals surface area contributed by atoms with E-state index in [0.717, 1.165) is 28.6 Å². The minimum atomic E-state index is -3.51. The van der Waals surface area contributed by atoms with Crippen LogP contribution in [0, 0.1) is 0 Å². The first-order valence-corrected chi connectivity index (χ1v) is 9.68. The van der Waals surface area contributed by atoms with Crippen molar-refractivity contribution in [2.75, 3.05) is 0 Å².